The molecule has 0 saturated heterocycles. The van der Waals surface area contributed by atoms with Crippen molar-refractivity contribution in [3.63, 3.8) is 0 Å². The van der Waals surface area contributed by atoms with Crippen molar-refractivity contribution >= 4 is 5.97 Å². The van der Waals surface area contributed by atoms with Crippen LogP contribution in [0.25, 0.3) is 0 Å². The zero-order valence-corrected chi connectivity index (χ0v) is 8.45. The third kappa shape index (κ3) is 7.32. The van der Waals surface area contributed by atoms with Crippen LogP contribution in [-0.4, -0.2) is 5.97 Å². The number of esters is 1. The molecule has 2 nitrogen and oxygen atoms in total. The van der Waals surface area contributed by atoms with E-state index < -0.39 is 0 Å². The Labute approximate surface area is 80.3 Å². The van der Waals surface area contributed by atoms with Gasteiger partial charge < -0.3 is 4.74 Å². The maximum atomic E-state index is 10.9. The molecule has 0 fully saturated rings. The molecule has 0 saturated carbocycles. The number of hydrogen-bond donors (Lipinski definition) is 0. The Kier molecular flexibility index (Phi) is 6.98. The van der Waals surface area contributed by atoms with E-state index in [2.05, 4.69) is 13.5 Å². The summed E-state index contributed by atoms with van der Waals surface area (Å²) in [6.45, 7) is 7.67. The molecule has 0 aromatic carbocycles. The minimum atomic E-state index is -0.162. The molecule has 0 aromatic rings. The lowest BCUT2D eigenvalue weighted by molar-refractivity contribution is -0.138. The molecule has 0 N–H and O–H groups in total. The van der Waals surface area contributed by atoms with Gasteiger partial charge in [0.25, 0.3) is 0 Å². The van der Waals surface area contributed by atoms with E-state index in [0.29, 0.717) is 12.3 Å². The van der Waals surface area contributed by atoms with E-state index in [1.54, 1.807) is 0 Å². The second-order valence-electron chi connectivity index (χ2n) is 3.06. The molecule has 0 radical (unpaired) electrons. The third-order valence-corrected chi connectivity index (χ3v) is 1.66. The molecule has 0 amide bonds. The largest absolute Gasteiger partial charge is 0.435 e. The van der Waals surface area contributed by atoms with Crippen LogP contribution in [0.1, 0.15) is 33.1 Å². The number of hydrogen-bond acceptors (Lipinski definition) is 2. The van der Waals surface area contributed by atoms with E-state index >= 15 is 0 Å². The number of ether oxygens (including phenoxy) is 1. The fourth-order valence-corrected chi connectivity index (χ4v) is 0.753. The van der Waals surface area contributed by atoms with Gasteiger partial charge in [-0.2, -0.15) is 0 Å². The lowest BCUT2D eigenvalue weighted by Crippen LogP contribution is -1.97. The van der Waals surface area contributed by atoms with Crippen molar-refractivity contribution in [2.75, 3.05) is 0 Å². The predicted octanol–water partition coefficient (Wildman–Crippen LogP) is 3.06. The van der Waals surface area contributed by atoms with Crippen LogP contribution in [0.5, 0.6) is 0 Å². The maximum Gasteiger partial charge on any atom is 0.310 e. The van der Waals surface area contributed by atoms with Crippen molar-refractivity contribution in [1.29, 1.82) is 0 Å². The molecule has 0 heterocycles. The molecule has 2 heteroatoms. The Bertz CT molecular complexity index is 183. The monoisotopic (exact) mass is 182 g/mol. The molecular weight excluding hydrogens is 164 g/mol. The first kappa shape index (κ1) is 11.9. The minimum absolute atomic E-state index is 0.162. The number of allylic oxidation sites excluding steroid dienone is 2. The number of carbonyl (C=O) groups excluding carboxylic acids is 1. The summed E-state index contributed by atoms with van der Waals surface area (Å²) in [6.07, 6.45) is 7.37. The Morgan fingerprint density at radius 2 is 2.31 bits per heavy atom. The van der Waals surface area contributed by atoms with E-state index in [-0.39, 0.29) is 5.97 Å². The smallest absolute Gasteiger partial charge is 0.310 e. The molecule has 13 heavy (non-hydrogen) atoms. The lowest BCUT2D eigenvalue weighted by atomic mass is 10.1. The van der Waals surface area contributed by atoms with Gasteiger partial charge in [-0.15, -0.1) is 6.58 Å². The van der Waals surface area contributed by atoms with Crippen LogP contribution in [0.3, 0.4) is 0 Å². The lowest BCUT2D eigenvalue weighted by Gasteiger charge is -1.99. The van der Waals surface area contributed by atoms with Crippen molar-refractivity contribution in [2.45, 2.75) is 33.1 Å². The number of rotatable bonds is 6. The molecule has 74 valence electrons. The Hall–Kier alpha value is -1.05. The van der Waals surface area contributed by atoms with Gasteiger partial charge in [0.2, 0.25) is 0 Å². The van der Waals surface area contributed by atoms with Crippen LogP contribution in [-0.2, 0) is 9.53 Å². The zero-order chi connectivity index (χ0) is 10.1. The SMILES string of the molecule is C=CC(C)CC=COC(=O)CCC. The highest BCUT2D eigenvalue weighted by molar-refractivity contribution is 5.69. The summed E-state index contributed by atoms with van der Waals surface area (Å²) in [5.74, 6) is 0.270. The van der Waals surface area contributed by atoms with Crippen LogP contribution in [0, 0.1) is 5.92 Å². The summed E-state index contributed by atoms with van der Waals surface area (Å²) in [5.41, 5.74) is 0. The molecule has 0 bridgehead atoms. The number of carbonyl (C=O) groups is 1. The van der Waals surface area contributed by atoms with Crippen LogP contribution in [0.4, 0.5) is 0 Å². The van der Waals surface area contributed by atoms with Gasteiger partial charge in [-0.3, -0.25) is 4.79 Å². The molecule has 0 aliphatic carbocycles. The van der Waals surface area contributed by atoms with Crippen LogP contribution < -0.4 is 0 Å². The summed E-state index contributed by atoms with van der Waals surface area (Å²) < 4.78 is 4.82. The van der Waals surface area contributed by atoms with Crippen molar-refractivity contribution in [2.24, 2.45) is 5.92 Å². The fraction of sp³-hybridized carbons (Fsp3) is 0.545. The van der Waals surface area contributed by atoms with Crippen molar-refractivity contribution < 1.29 is 9.53 Å². The average molecular weight is 182 g/mol. The Morgan fingerprint density at radius 1 is 1.62 bits per heavy atom. The molecule has 0 rings (SSSR count). The van der Waals surface area contributed by atoms with Crippen LogP contribution >= 0.6 is 0 Å². The van der Waals surface area contributed by atoms with Gasteiger partial charge in [0.1, 0.15) is 0 Å². The first-order valence-electron chi connectivity index (χ1n) is 4.67. The summed E-state index contributed by atoms with van der Waals surface area (Å²) >= 11 is 0. The minimum Gasteiger partial charge on any atom is -0.435 e. The molecule has 1 unspecified atom stereocenters. The van der Waals surface area contributed by atoms with Gasteiger partial charge in [0.15, 0.2) is 0 Å². The summed E-state index contributed by atoms with van der Waals surface area (Å²) in [4.78, 5) is 10.9. The van der Waals surface area contributed by atoms with E-state index in [4.69, 9.17) is 4.74 Å². The molecule has 0 spiro atoms. The molecular formula is C11H18O2. The second-order valence-corrected chi connectivity index (χ2v) is 3.06. The van der Waals surface area contributed by atoms with E-state index in [1.165, 1.54) is 6.26 Å². The fourth-order valence-electron chi connectivity index (χ4n) is 0.753. The van der Waals surface area contributed by atoms with Crippen molar-refractivity contribution in [1.82, 2.24) is 0 Å². The van der Waals surface area contributed by atoms with Crippen LogP contribution in [0.2, 0.25) is 0 Å². The van der Waals surface area contributed by atoms with Gasteiger partial charge >= 0.3 is 5.97 Å². The first-order valence-corrected chi connectivity index (χ1v) is 4.67. The molecule has 0 aliphatic rings. The predicted molar refractivity (Wildman–Crippen MR) is 54.1 cm³/mol. The highest BCUT2D eigenvalue weighted by Gasteiger charge is 1.96. The van der Waals surface area contributed by atoms with E-state index in [1.807, 2.05) is 19.1 Å². The van der Waals surface area contributed by atoms with Crippen molar-refractivity contribution in [3.8, 4) is 0 Å². The Morgan fingerprint density at radius 3 is 2.85 bits per heavy atom. The van der Waals surface area contributed by atoms with Gasteiger partial charge in [-0.1, -0.05) is 19.9 Å². The topological polar surface area (TPSA) is 26.3 Å². The van der Waals surface area contributed by atoms with Gasteiger partial charge in [-0.25, -0.2) is 0 Å². The summed E-state index contributed by atoms with van der Waals surface area (Å²) in [7, 11) is 0. The molecule has 0 aromatic heterocycles. The molecule has 1 atom stereocenters. The summed E-state index contributed by atoms with van der Waals surface area (Å²) in [6, 6.07) is 0. The van der Waals surface area contributed by atoms with Gasteiger partial charge in [0, 0.05) is 6.42 Å². The summed E-state index contributed by atoms with van der Waals surface area (Å²) in [5, 5.41) is 0. The van der Waals surface area contributed by atoms with E-state index in [9.17, 15) is 4.79 Å². The normalized spacial score (nSPS) is 12.8. The highest BCUT2D eigenvalue weighted by atomic mass is 16.5. The van der Waals surface area contributed by atoms with Gasteiger partial charge in [-0.05, 0) is 24.8 Å². The second kappa shape index (κ2) is 7.59. The van der Waals surface area contributed by atoms with Gasteiger partial charge in [0.05, 0.1) is 6.26 Å². The average Bonchev–Trinajstić information content (AvgIpc) is 2.12. The quantitative estimate of drug-likeness (QED) is 0.358. The zero-order valence-electron chi connectivity index (χ0n) is 8.45. The third-order valence-electron chi connectivity index (χ3n) is 1.66. The molecule has 0 aliphatic heterocycles. The Balaban J connectivity index is 3.51. The maximum absolute atomic E-state index is 10.9. The van der Waals surface area contributed by atoms with Crippen LogP contribution in [0.15, 0.2) is 25.0 Å². The van der Waals surface area contributed by atoms with E-state index in [0.717, 1.165) is 12.8 Å². The van der Waals surface area contributed by atoms with Crippen molar-refractivity contribution in [3.05, 3.63) is 25.0 Å². The standard InChI is InChI=1S/C11H18O2/c1-4-7-11(12)13-9-6-8-10(3)5-2/h5-6,9-10H,2,4,7-8H2,1,3H3. The highest BCUT2D eigenvalue weighted by Crippen LogP contribution is 2.03. The first-order chi connectivity index (χ1) is 6.20.